The highest BCUT2D eigenvalue weighted by Crippen LogP contribution is 2.28. The third kappa shape index (κ3) is 5.71. The number of fused-ring (bicyclic) bond motifs is 1. The van der Waals surface area contributed by atoms with Crippen LogP contribution in [0.5, 0.6) is 5.75 Å². The van der Waals surface area contributed by atoms with Crippen molar-refractivity contribution in [3.05, 3.63) is 114 Å². The first kappa shape index (κ1) is 21.5. The van der Waals surface area contributed by atoms with Gasteiger partial charge >= 0.3 is 0 Å². The number of amides is 1. The summed E-state index contributed by atoms with van der Waals surface area (Å²) in [4.78, 5) is 12.3. The van der Waals surface area contributed by atoms with E-state index in [1.807, 2.05) is 66.7 Å². The Balaban J connectivity index is 1.41. The van der Waals surface area contributed by atoms with E-state index >= 15 is 0 Å². The molecule has 0 spiro atoms. The summed E-state index contributed by atoms with van der Waals surface area (Å²) >= 11 is 0. The van der Waals surface area contributed by atoms with Gasteiger partial charge in [-0.1, -0.05) is 72.8 Å². The summed E-state index contributed by atoms with van der Waals surface area (Å²) in [5, 5.41) is 2.14. The van der Waals surface area contributed by atoms with E-state index in [2.05, 4.69) is 10.9 Å². The van der Waals surface area contributed by atoms with Gasteiger partial charge in [0.15, 0.2) is 0 Å². The number of carbonyl (C=O) groups excluding carboxylic acids is 1. The van der Waals surface area contributed by atoms with Crippen LogP contribution in [-0.2, 0) is 24.4 Å². The van der Waals surface area contributed by atoms with E-state index in [4.69, 9.17) is 4.74 Å². The minimum Gasteiger partial charge on any atom is -0.489 e. The third-order valence-corrected chi connectivity index (χ3v) is 5.28. The van der Waals surface area contributed by atoms with Crippen molar-refractivity contribution in [1.29, 1.82) is 0 Å². The monoisotopic (exact) mass is 428 g/mol. The SMILES string of the molecule is O=C(CCc1ccccc1)NNCc1c(OCc2ccc(F)cc2)ccc2ccccc12. The van der Waals surface area contributed by atoms with Crippen LogP contribution in [0, 0.1) is 5.82 Å². The summed E-state index contributed by atoms with van der Waals surface area (Å²) in [6, 6.07) is 28.2. The van der Waals surface area contributed by atoms with Crippen LogP contribution < -0.4 is 15.6 Å². The molecule has 0 unspecified atom stereocenters. The van der Waals surface area contributed by atoms with E-state index in [1.54, 1.807) is 12.1 Å². The second-order valence-corrected chi connectivity index (χ2v) is 7.57. The van der Waals surface area contributed by atoms with E-state index in [9.17, 15) is 9.18 Å². The van der Waals surface area contributed by atoms with Crippen LogP contribution >= 0.6 is 0 Å². The van der Waals surface area contributed by atoms with Gasteiger partial charge in [-0.25, -0.2) is 9.82 Å². The van der Waals surface area contributed by atoms with Gasteiger partial charge in [0.25, 0.3) is 0 Å². The number of aryl methyl sites for hydroxylation is 1. The van der Waals surface area contributed by atoms with Gasteiger partial charge in [-0.15, -0.1) is 0 Å². The largest absolute Gasteiger partial charge is 0.489 e. The van der Waals surface area contributed by atoms with E-state index in [1.165, 1.54) is 12.1 Å². The lowest BCUT2D eigenvalue weighted by atomic mass is 10.0. The molecule has 0 aliphatic rings. The van der Waals surface area contributed by atoms with Crippen LogP contribution in [-0.4, -0.2) is 5.91 Å². The lowest BCUT2D eigenvalue weighted by Crippen LogP contribution is -2.37. The quantitative estimate of drug-likeness (QED) is 0.355. The van der Waals surface area contributed by atoms with Crippen molar-refractivity contribution >= 4 is 16.7 Å². The number of rotatable bonds is 9. The number of carbonyl (C=O) groups is 1. The molecule has 0 aliphatic carbocycles. The Kier molecular flexibility index (Phi) is 7.10. The highest BCUT2D eigenvalue weighted by Gasteiger charge is 2.10. The minimum absolute atomic E-state index is 0.0668. The van der Waals surface area contributed by atoms with Gasteiger partial charge in [0, 0.05) is 18.5 Å². The average Bonchev–Trinajstić information content (AvgIpc) is 2.83. The van der Waals surface area contributed by atoms with Crippen LogP contribution in [0.1, 0.15) is 23.1 Å². The van der Waals surface area contributed by atoms with Gasteiger partial charge in [-0.05, 0) is 46.5 Å². The van der Waals surface area contributed by atoms with Crippen LogP contribution in [0.3, 0.4) is 0 Å². The Hall–Kier alpha value is -3.70. The van der Waals surface area contributed by atoms with Crippen molar-refractivity contribution in [2.24, 2.45) is 0 Å². The maximum absolute atomic E-state index is 13.2. The topological polar surface area (TPSA) is 50.4 Å². The summed E-state index contributed by atoms with van der Waals surface area (Å²) < 4.78 is 19.2. The van der Waals surface area contributed by atoms with Crippen molar-refractivity contribution in [1.82, 2.24) is 10.9 Å². The van der Waals surface area contributed by atoms with Crippen molar-refractivity contribution in [3.8, 4) is 5.75 Å². The van der Waals surface area contributed by atoms with Gasteiger partial charge in [0.2, 0.25) is 5.91 Å². The second-order valence-electron chi connectivity index (χ2n) is 7.57. The summed E-state index contributed by atoms with van der Waals surface area (Å²) in [7, 11) is 0. The highest BCUT2D eigenvalue weighted by molar-refractivity contribution is 5.87. The Morgan fingerprint density at radius 1 is 0.812 bits per heavy atom. The minimum atomic E-state index is -0.271. The van der Waals surface area contributed by atoms with Crippen molar-refractivity contribution in [2.45, 2.75) is 26.0 Å². The Morgan fingerprint density at radius 3 is 2.38 bits per heavy atom. The molecule has 0 bridgehead atoms. The number of halogens is 1. The van der Waals surface area contributed by atoms with E-state index in [-0.39, 0.29) is 11.7 Å². The molecular weight excluding hydrogens is 403 g/mol. The maximum atomic E-state index is 13.2. The molecule has 32 heavy (non-hydrogen) atoms. The summed E-state index contributed by atoms with van der Waals surface area (Å²) in [5.41, 5.74) is 8.80. The molecule has 4 aromatic rings. The molecule has 4 nitrogen and oxygen atoms in total. The molecule has 5 heteroatoms. The first-order valence-electron chi connectivity index (χ1n) is 10.6. The predicted octanol–water partition coefficient (Wildman–Crippen LogP) is 5.31. The molecule has 162 valence electrons. The smallest absolute Gasteiger partial charge is 0.234 e. The number of ether oxygens (including phenoxy) is 1. The maximum Gasteiger partial charge on any atom is 0.234 e. The van der Waals surface area contributed by atoms with Gasteiger partial charge < -0.3 is 4.74 Å². The van der Waals surface area contributed by atoms with Crippen molar-refractivity contribution in [3.63, 3.8) is 0 Å². The van der Waals surface area contributed by atoms with E-state index in [0.717, 1.165) is 33.2 Å². The van der Waals surface area contributed by atoms with Gasteiger partial charge in [0.05, 0.1) is 0 Å². The fourth-order valence-electron chi connectivity index (χ4n) is 3.57. The number of nitrogens with one attached hydrogen (secondary N) is 2. The molecule has 0 heterocycles. The first-order chi connectivity index (χ1) is 15.7. The molecule has 0 saturated carbocycles. The molecule has 4 rings (SSSR count). The van der Waals surface area contributed by atoms with Crippen LogP contribution in [0.25, 0.3) is 10.8 Å². The van der Waals surface area contributed by atoms with Gasteiger partial charge in [-0.2, -0.15) is 0 Å². The second kappa shape index (κ2) is 10.6. The normalized spacial score (nSPS) is 10.8. The number of hydrogen-bond donors (Lipinski definition) is 2. The number of hydrogen-bond acceptors (Lipinski definition) is 3. The fraction of sp³-hybridized carbons (Fsp3) is 0.148. The molecule has 1 amide bonds. The standard InChI is InChI=1S/C27H25FN2O2/c28-23-14-10-21(11-15-23)19-32-26-16-13-22-8-4-5-9-24(22)25(26)18-29-30-27(31)17-12-20-6-2-1-3-7-20/h1-11,13-16,29H,12,17-19H2,(H,30,31). The third-order valence-electron chi connectivity index (χ3n) is 5.28. The molecule has 0 fully saturated rings. The van der Waals surface area contributed by atoms with Crippen molar-refractivity contribution in [2.75, 3.05) is 0 Å². The molecule has 0 saturated heterocycles. The fourth-order valence-corrected chi connectivity index (χ4v) is 3.57. The Morgan fingerprint density at radius 2 is 1.56 bits per heavy atom. The Bertz CT molecular complexity index is 1180. The van der Waals surface area contributed by atoms with Gasteiger partial charge in [-0.3, -0.25) is 10.2 Å². The van der Waals surface area contributed by atoms with Crippen LogP contribution in [0.2, 0.25) is 0 Å². The summed E-state index contributed by atoms with van der Waals surface area (Å²) in [5.74, 6) is 0.384. The van der Waals surface area contributed by atoms with E-state index in [0.29, 0.717) is 26.0 Å². The number of hydrazine groups is 1. The van der Waals surface area contributed by atoms with Crippen LogP contribution in [0.15, 0.2) is 91.0 Å². The molecule has 4 aromatic carbocycles. The van der Waals surface area contributed by atoms with Gasteiger partial charge in [0.1, 0.15) is 18.2 Å². The Labute approximate surface area is 187 Å². The zero-order chi connectivity index (χ0) is 22.2. The highest BCUT2D eigenvalue weighted by atomic mass is 19.1. The molecular formula is C27H25FN2O2. The molecule has 0 aliphatic heterocycles. The predicted molar refractivity (Wildman–Crippen MR) is 124 cm³/mol. The molecule has 0 radical (unpaired) electrons. The summed E-state index contributed by atoms with van der Waals surface area (Å²) in [6.07, 6.45) is 1.09. The lowest BCUT2D eigenvalue weighted by molar-refractivity contribution is -0.122. The average molecular weight is 429 g/mol. The molecule has 0 atom stereocenters. The summed E-state index contributed by atoms with van der Waals surface area (Å²) in [6.45, 7) is 0.742. The molecule has 0 aromatic heterocycles. The zero-order valence-corrected chi connectivity index (χ0v) is 17.7. The lowest BCUT2D eigenvalue weighted by Gasteiger charge is -2.16. The zero-order valence-electron chi connectivity index (χ0n) is 17.7. The number of benzene rings is 4. The van der Waals surface area contributed by atoms with Crippen LogP contribution in [0.4, 0.5) is 4.39 Å². The van der Waals surface area contributed by atoms with E-state index < -0.39 is 0 Å². The first-order valence-corrected chi connectivity index (χ1v) is 10.6. The van der Waals surface area contributed by atoms with Crippen molar-refractivity contribution < 1.29 is 13.9 Å². The molecule has 2 N–H and O–H groups in total.